The van der Waals surface area contributed by atoms with E-state index in [2.05, 4.69) is 20.3 Å². The summed E-state index contributed by atoms with van der Waals surface area (Å²) in [4.78, 5) is 57.2. The zero-order valence-electron chi connectivity index (χ0n) is 14.7. The molecule has 1 heterocycles. The zero-order valence-corrected chi connectivity index (χ0v) is 14.7. The number of anilines is 1. The number of benzene rings is 1. The summed E-state index contributed by atoms with van der Waals surface area (Å²) in [6.07, 6.45) is 12.0. The van der Waals surface area contributed by atoms with Crippen LogP contribution in [0.4, 0.5) is 5.69 Å². The number of para-hydroxylation sites is 1. The van der Waals surface area contributed by atoms with E-state index in [0.717, 1.165) is 12.4 Å². The van der Waals surface area contributed by atoms with Gasteiger partial charge in [-0.05, 0) is 6.07 Å². The predicted molar refractivity (Wildman–Crippen MR) is 107 cm³/mol. The number of carbonyl (C=O) groups excluding carboxylic acids is 4. The van der Waals surface area contributed by atoms with Crippen molar-refractivity contribution in [2.45, 2.75) is 6.42 Å². The molecule has 28 heavy (non-hydrogen) atoms. The summed E-state index contributed by atoms with van der Waals surface area (Å²) in [5, 5.41) is 2.68. The van der Waals surface area contributed by atoms with Crippen molar-refractivity contribution in [3.63, 3.8) is 0 Å². The first-order valence-electron chi connectivity index (χ1n) is 8.17. The van der Waals surface area contributed by atoms with Gasteiger partial charge in [-0.3, -0.25) is 19.2 Å². The van der Waals surface area contributed by atoms with Gasteiger partial charge in [-0.1, -0.05) is 48.6 Å². The fourth-order valence-corrected chi connectivity index (χ4v) is 1.92. The first-order valence-corrected chi connectivity index (χ1v) is 8.17. The second kappa shape index (κ2) is 10.8. The Morgan fingerprint density at radius 2 is 1.43 bits per heavy atom. The van der Waals surface area contributed by atoms with Gasteiger partial charge in [0.15, 0.2) is 0 Å². The van der Waals surface area contributed by atoms with E-state index < -0.39 is 17.7 Å². The summed E-state index contributed by atoms with van der Waals surface area (Å²) >= 11 is 0. The summed E-state index contributed by atoms with van der Waals surface area (Å²) < 4.78 is 0. The normalized spacial score (nSPS) is 19.6. The number of nitrogens with zero attached hydrogens (tertiary/aromatic N) is 3. The second-order valence-electron chi connectivity index (χ2n) is 5.30. The standard InChI is InChI=1S/C20H16N4O4/c25-17-10-4-2-1-3-5-11-18(26)24-16-9-7-6-8-15(16)12-21-19(27)14-23-20(28)13-22-17/h1-9,11-14H,10H2,(H,24,26)/b3-1-,4-2-,11-5+,21-12?,22-13?,23-14?. The fourth-order valence-electron chi connectivity index (χ4n) is 1.92. The van der Waals surface area contributed by atoms with Crippen LogP contribution in [0.2, 0.25) is 0 Å². The van der Waals surface area contributed by atoms with Crippen molar-refractivity contribution in [1.29, 1.82) is 0 Å². The predicted octanol–water partition coefficient (Wildman–Crippen LogP) is 1.84. The summed E-state index contributed by atoms with van der Waals surface area (Å²) in [7, 11) is 0. The summed E-state index contributed by atoms with van der Waals surface area (Å²) in [5.74, 6) is -2.55. The molecule has 0 spiro atoms. The van der Waals surface area contributed by atoms with Crippen LogP contribution in [0.3, 0.4) is 0 Å². The van der Waals surface area contributed by atoms with Gasteiger partial charge in [0.25, 0.3) is 11.8 Å². The van der Waals surface area contributed by atoms with Gasteiger partial charge in [0, 0.05) is 30.0 Å². The smallest absolute Gasteiger partial charge is 0.288 e. The van der Waals surface area contributed by atoms with E-state index in [1.54, 1.807) is 48.6 Å². The molecule has 0 saturated heterocycles. The molecule has 1 aliphatic rings. The van der Waals surface area contributed by atoms with Crippen molar-refractivity contribution >= 4 is 48.0 Å². The highest BCUT2D eigenvalue weighted by molar-refractivity contribution is 6.36. The van der Waals surface area contributed by atoms with Gasteiger partial charge in [-0.25, -0.2) is 15.0 Å². The molecular formula is C20H16N4O4. The topological polar surface area (TPSA) is 117 Å². The van der Waals surface area contributed by atoms with Crippen LogP contribution in [-0.4, -0.2) is 42.3 Å². The monoisotopic (exact) mass is 376 g/mol. The van der Waals surface area contributed by atoms with Crippen molar-refractivity contribution in [2.24, 2.45) is 15.0 Å². The minimum absolute atomic E-state index is 0.0119. The zero-order chi connectivity index (χ0) is 20.2. The third-order valence-electron chi connectivity index (χ3n) is 3.18. The molecule has 0 saturated carbocycles. The quantitative estimate of drug-likeness (QED) is 0.743. The highest BCUT2D eigenvalue weighted by atomic mass is 16.2. The Morgan fingerprint density at radius 3 is 2.25 bits per heavy atom. The maximum absolute atomic E-state index is 12.0. The van der Waals surface area contributed by atoms with Gasteiger partial charge in [0.2, 0.25) is 11.8 Å². The molecule has 0 aromatic heterocycles. The van der Waals surface area contributed by atoms with Gasteiger partial charge in [-0.2, -0.15) is 0 Å². The van der Waals surface area contributed by atoms with Crippen LogP contribution in [0.1, 0.15) is 12.0 Å². The van der Waals surface area contributed by atoms with Crippen molar-refractivity contribution in [3.05, 3.63) is 66.3 Å². The number of fused-ring (bicyclic) bond motifs is 1. The van der Waals surface area contributed by atoms with Crippen molar-refractivity contribution in [2.75, 3.05) is 5.32 Å². The van der Waals surface area contributed by atoms with Crippen LogP contribution in [0, 0.1) is 0 Å². The SMILES string of the molecule is O=C1C=NC(=O)C=NC(=O)C\C=C/C=C\C=C\C(=O)Nc2ccccc2C=N1. The molecule has 0 radical (unpaired) electrons. The molecule has 0 bridgehead atoms. The van der Waals surface area contributed by atoms with Gasteiger partial charge < -0.3 is 5.32 Å². The lowest BCUT2D eigenvalue weighted by Gasteiger charge is -2.05. The van der Waals surface area contributed by atoms with Crippen LogP contribution in [0.15, 0.2) is 75.7 Å². The first kappa shape index (κ1) is 20.2. The van der Waals surface area contributed by atoms with Crippen molar-refractivity contribution in [1.82, 2.24) is 0 Å². The molecule has 1 aromatic carbocycles. The molecule has 2 rings (SSSR count). The third-order valence-corrected chi connectivity index (χ3v) is 3.18. The maximum Gasteiger partial charge on any atom is 0.288 e. The summed E-state index contributed by atoms with van der Waals surface area (Å²) in [6.45, 7) is 0. The number of amides is 4. The number of allylic oxidation sites excluding steroid dienone is 4. The van der Waals surface area contributed by atoms with Gasteiger partial charge in [-0.15, -0.1) is 0 Å². The molecule has 1 aliphatic heterocycles. The van der Waals surface area contributed by atoms with Crippen LogP contribution in [0.5, 0.6) is 0 Å². The Kier molecular flexibility index (Phi) is 7.82. The van der Waals surface area contributed by atoms with E-state index in [0.29, 0.717) is 11.3 Å². The average molecular weight is 376 g/mol. The molecule has 4 amide bonds. The minimum Gasteiger partial charge on any atom is -0.322 e. The van der Waals surface area contributed by atoms with E-state index in [4.69, 9.17) is 0 Å². The highest BCUT2D eigenvalue weighted by Crippen LogP contribution is 2.12. The lowest BCUT2D eigenvalue weighted by Crippen LogP contribution is -2.10. The van der Waals surface area contributed by atoms with Crippen LogP contribution in [-0.2, 0) is 19.2 Å². The van der Waals surface area contributed by atoms with Gasteiger partial charge >= 0.3 is 0 Å². The molecule has 0 aliphatic carbocycles. The average Bonchev–Trinajstić information content (AvgIpc) is 2.68. The maximum atomic E-state index is 12.0. The molecule has 1 aromatic rings. The number of hydrogen-bond donors (Lipinski definition) is 1. The highest BCUT2D eigenvalue weighted by Gasteiger charge is 2.03. The van der Waals surface area contributed by atoms with E-state index in [-0.39, 0.29) is 12.3 Å². The molecular weight excluding hydrogens is 360 g/mol. The van der Waals surface area contributed by atoms with Crippen LogP contribution < -0.4 is 5.32 Å². The first-order chi connectivity index (χ1) is 13.5. The molecule has 0 unspecified atom stereocenters. The Morgan fingerprint density at radius 1 is 0.750 bits per heavy atom. The number of nitrogens with one attached hydrogen (secondary N) is 1. The Labute approximate surface area is 160 Å². The van der Waals surface area contributed by atoms with Crippen molar-refractivity contribution < 1.29 is 19.2 Å². The Balaban J connectivity index is 2.27. The molecule has 140 valence electrons. The van der Waals surface area contributed by atoms with E-state index in [1.807, 2.05) is 0 Å². The molecule has 0 fully saturated rings. The molecule has 1 N–H and O–H groups in total. The van der Waals surface area contributed by atoms with Gasteiger partial charge in [0.05, 0.1) is 12.4 Å². The van der Waals surface area contributed by atoms with E-state index >= 15 is 0 Å². The lowest BCUT2D eigenvalue weighted by atomic mass is 10.2. The molecule has 8 nitrogen and oxygen atoms in total. The van der Waals surface area contributed by atoms with E-state index in [9.17, 15) is 19.2 Å². The number of aliphatic imine (C=N–C) groups is 3. The summed E-state index contributed by atoms with van der Waals surface area (Å²) in [5.41, 5.74) is 0.961. The minimum atomic E-state index is -0.854. The summed E-state index contributed by atoms with van der Waals surface area (Å²) in [6, 6.07) is 6.76. The van der Waals surface area contributed by atoms with E-state index in [1.165, 1.54) is 18.4 Å². The van der Waals surface area contributed by atoms with Crippen LogP contribution in [0.25, 0.3) is 0 Å². The Hall–Kier alpha value is -4.07. The number of carbonyl (C=O) groups is 4. The van der Waals surface area contributed by atoms with Gasteiger partial charge in [0.1, 0.15) is 0 Å². The van der Waals surface area contributed by atoms with Crippen molar-refractivity contribution in [3.8, 4) is 0 Å². The number of rotatable bonds is 0. The molecule has 8 heteroatoms. The fraction of sp³-hybridized carbons (Fsp3) is 0.0500. The Bertz CT molecular complexity index is 953. The molecule has 0 atom stereocenters. The third kappa shape index (κ3) is 7.44. The largest absolute Gasteiger partial charge is 0.322 e. The lowest BCUT2D eigenvalue weighted by molar-refractivity contribution is -0.117. The number of hydrogen-bond acceptors (Lipinski definition) is 4. The second-order valence-corrected chi connectivity index (χ2v) is 5.30. The van der Waals surface area contributed by atoms with Crippen LogP contribution >= 0.6 is 0 Å².